The topological polar surface area (TPSA) is 429 Å². The zero-order valence-electron chi connectivity index (χ0n) is 53.8. The number of ketones is 2. The normalized spacial score (nSPS) is 14.7. The molecule has 0 radical (unpaired) electrons. The van der Waals surface area contributed by atoms with Crippen molar-refractivity contribution in [2.45, 2.75) is 200 Å². The van der Waals surface area contributed by atoms with Crippen LogP contribution in [0.5, 0.6) is 0 Å². The number of hydrogen-bond donors (Lipinski definition) is 10. The minimum atomic E-state index is -1.79. The molecule has 2 aromatic rings. The predicted octanol–water partition coefficient (Wildman–Crippen LogP) is 4.67. The number of aryl methyl sites for hydroxylation is 1. The van der Waals surface area contributed by atoms with Crippen molar-refractivity contribution in [2.24, 2.45) is 30.2 Å². The Kier molecular flexibility index (Phi) is 29.0. The van der Waals surface area contributed by atoms with E-state index >= 15 is 4.79 Å². The summed E-state index contributed by atoms with van der Waals surface area (Å²) >= 11 is 0. The van der Waals surface area contributed by atoms with E-state index in [1.165, 1.54) is 36.9 Å². The summed E-state index contributed by atoms with van der Waals surface area (Å²) in [5.41, 5.74) is -1.55. The van der Waals surface area contributed by atoms with Gasteiger partial charge in [0.15, 0.2) is 11.6 Å². The van der Waals surface area contributed by atoms with Crippen molar-refractivity contribution in [3.8, 4) is 0 Å². The summed E-state index contributed by atoms with van der Waals surface area (Å²) in [5, 5.41) is 67.6. The highest BCUT2D eigenvalue weighted by Crippen LogP contribution is 2.37. The standard InChI is InChI=1S/C62H91N7O21/c1-33(2)43(68(13)57(86)51(60(4,5)6)66-56(85)52(69(14)59(89)90-61(7,8)9)62(10,11)38-32-67(12)42-18-16-15-17-37(38)42)29-34(3)53(82)63-39(21-26-48(76)77)44(70)30-35(19-24-46(72)73)54(83)64-40(22-27-49(78)79)45(71)31-36(20-25-47(74)75)55(84)65-41(58(87)88)23-28-50(80)81/h15-18,29,32-33,35-36,39-41,43,51-52H,19-28,30-31H2,1-14H3,(H,63,82)(H,64,83)(H,65,84)(H,66,85)(H,72,73)(H,74,75)(H,76,77)(H,78,79)(H,80,81)(H,87,88)/b34-29+/t35-,36-,39+,40+,41+,43-,51-,52-/m1/s1. The zero-order valence-corrected chi connectivity index (χ0v) is 53.8. The van der Waals surface area contributed by atoms with E-state index in [0.717, 1.165) is 16.5 Å². The highest BCUT2D eigenvalue weighted by Gasteiger charge is 2.47. The van der Waals surface area contributed by atoms with E-state index < -0.39 is 230 Å². The molecule has 1 aromatic heterocycles. The second kappa shape index (κ2) is 33.7. The Morgan fingerprint density at radius 3 is 1.42 bits per heavy atom. The van der Waals surface area contributed by atoms with Gasteiger partial charge >= 0.3 is 41.9 Å². The number of ether oxygens (including phenoxy) is 1. The minimum Gasteiger partial charge on any atom is -0.481 e. The molecule has 0 aliphatic carbocycles. The number of hydrogen-bond acceptors (Lipinski definition) is 15. The van der Waals surface area contributed by atoms with Crippen LogP contribution >= 0.6 is 0 Å². The molecular formula is C62H91N7O21. The van der Waals surface area contributed by atoms with E-state index in [1.54, 1.807) is 55.4 Å². The highest BCUT2D eigenvalue weighted by atomic mass is 16.6. The average molecular weight is 1270 g/mol. The number of carbonyl (C=O) groups is 14. The van der Waals surface area contributed by atoms with E-state index in [4.69, 9.17) is 9.84 Å². The second-order valence-corrected chi connectivity index (χ2v) is 25.6. The number of carbonyl (C=O) groups excluding carboxylic acids is 8. The van der Waals surface area contributed by atoms with Crippen LogP contribution in [-0.2, 0) is 79.5 Å². The number of nitrogens with zero attached hydrogens (tertiary/aromatic N) is 3. The van der Waals surface area contributed by atoms with Crippen molar-refractivity contribution in [2.75, 3.05) is 14.1 Å². The summed E-state index contributed by atoms with van der Waals surface area (Å²) in [6.07, 6.45) is -5.98. The molecule has 1 heterocycles. The highest BCUT2D eigenvalue weighted by molar-refractivity contribution is 6.00. The molecule has 0 aliphatic rings. The molecule has 0 unspecified atom stereocenters. The maximum atomic E-state index is 15.1. The second-order valence-electron chi connectivity index (χ2n) is 25.6. The van der Waals surface area contributed by atoms with Gasteiger partial charge in [-0.15, -0.1) is 0 Å². The van der Waals surface area contributed by atoms with E-state index in [1.807, 2.05) is 55.9 Å². The fraction of sp³-hybridized carbons (Fsp3) is 0.613. The number of likely N-dealkylation sites (N-methyl/N-ethyl adjacent to an activating group) is 2. The van der Waals surface area contributed by atoms with Crippen molar-refractivity contribution in [1.82, 2.24) is 35.6 Å². The fourth-order valence-electron chi connectivity index (χ4n) is 10.3. The van der Waals surface area contributed by atoms with Gasteiger partial charge in [0.2, 0.25) is 29.5 Å². The molecule has 6 amide bonds. The number of benzene rings is 1. The van der Waals surface area contributed by atoms with Crippen molar-refractivity contribution < 1.29 is 102 Å². The lowest BCUT2D eigenvalue weighted by atomic mass is 9.76. The van der Waals surface area contributed by atoms with Crippen molar-refractivity contribution in [3.63, 3.8) is 0 Å². The molecular weight excluding hydrogens is 1180 g/mol. The first kappa shape index (κ1) is 77.4. The van der Waals surface area contributed by atoms with Gasteiger partial charge in [0.05, 0.1) is 18.1 Å². The molecule has 8 atom stereocenters. The van der Waals surface area contributed by atoms with E-state index in [-0.39, 0.29) is 5.57 Å². The van der Waals surface area contributed by atoms with Crippen LogP contribution in [0.1, 0.15) is 159 Å². The van der Waals surface area contributed by atoms with E-state index in [0.29, 0.717) is 0 Å². The van der Waals surface area contributed by atoms with Crippen LogP contribution in [0, 0.1) is 23.2 Å². The van der Waals surface area contributed by atoms with E-state index in [9.17, 15) is 87.9 Å². The maximum absolute atomic E-state index is 15.1. The van der Waals surface area contributed by atoms with Crippen LogP contribution in [0.4, 0.5) is 4.79 Å². The molecule has 0 spiro atoms. The molecule has 2 rings (SSSR count). The number of fused-ring (bicyclic) bond motifs is 1. The summed E-state index contributed by atoms with van der Waals surface area (Å²) in [6, 6.07) is -1.14. The maximum Gasteiger partial charge on any atom is 0.410 e. The molecule has 0 saturated carbocycles. The number of rotatable bonds is 37. The Labute approximate surface area is 522 Å². The Balaban J connectivity index is 2.59. The molecule has 0 bridgehead atoms. The zero-order chi connectivity index (χ0) is 69.1. The Bertz CT molecular complexity index is 3020. The van der Waals surface area contributed by atoms with Crippen molar-refractivity contribution in [3.05, 3.63) is 47.7 Å². The van der Waals surface area contributed by atoms with Gasteiger partial charge in [-0.2, -0.15) is 0 Å². The van der Waals surface area contributed by atoms with Gasteiger partial charge in [-0.05, 0) is 82.8 Å². The quantitative estimate of drug-likeness (QED) is 0.0411. The van der Waals surface area contributed by atoms with Crippen LogP contribution in [0.2, 0.25) is 0 Å². The van der Waals surface area contributed by atoms with Gasteiger partial charge in [0.25, 0.3) is 0 Å². The van der Waals surface area contributed by atoms with Crippen LogP contribution in [-0.4, -0.2) is 184 Å². The molecule has 0 aliphatic heterocycles. The number of aromatic nitrogens is 1. The minimum absolute atomic E-state index is 0.0808. The van der Waals surface area contributed by atoms with Gasteiger partial charge in [0.1, 0.15) is 23.7 Å². The van der Waals surface area contributed by atoms with Crippen molar-refractivity contribution in [1.29, 1.82) is 0 Å². The first-order valence-electron chi connectivity index (χ1n) is 29.5. The number of para-hydroxylation sites is 1. The van der Waals surface area contributed by atoms with Gasteiger partial charge in [-0.3, -0.25) is 62.4 Å². The lowest BCUT2D eigenvalue weighted by molar-refractivity contribution is -0.144. The van der Waals surface area contributed by atoms with Crippen LogP contribution < -0.4 is 21.3 Å². The average Bonchev–Trinajstić information content (AvgIpc) is 1.52. The van der Waals surface area contributed by atoms with Gasteiger partial charge < -0.3 is 66.1 Å². The molecule has 28 heteroatoms. The smallest absolute Gasteiger partial charge is 0.410 e. The summed E-state index contributed by atoms with van der Waals surface area (Å²) in [5.74, 6) is -19.1. The number of amides is 6. The molecule has 28 nitrogen and oxygen atoms in total. The largest absolute Gasteiger partial charge is 0.481 e. The lowest BCUT2D eigenvalue weighted by Gasteiger charge is -2.42. The summed E-state index contributed by atoms with van der Waals surface area (Å²) in [7, 11) is 4.76. The Morgan fingerprint density at radius 2 is 1.00 bits per heavy atom. The van der Waals surface area contributed by atoms with Crippen LogP contribution in [0.25, 0.3) is 10.9 Å². The SMILES string of the molecule is C/C(=C\[C@H](C(C)C)N(C)C(=O)[C@@H](NC(=O)[C@@H](N(C)C(=O)OC(C)(C)C)C(C)(C)c1cn(C)c2ccccc12)C(C)(C)C)C(=O)N[C@@H](CCC(=O)O)C(=O)C[C@@H](CCC(=O)O)C(=O)N[C@@H](CCC(=O)O)C(=O)C[C@@H](CCC(=O)O)C(=O)N[C@@H](CCC(=O)O)C(=O)O. The van der Waals surface area contributed by atoms with Crippen molar-refractivity contribution >= 4 is 93.9 Å². The van der Waals surface area contributed by atoms with Crippen LogP contribution in [0.15, 0.2) is 42.1 Å². The van der Waals surface area contributed by atoms with Crippen LogP contribution in [0.3, 0.4) is 0 Å². The molecule has 10 N–H and O–H groups in total. The number of Topliss-reactive ketones (excluding diaryl/α,β-unsaturated/α-hetero) is 2. The third-order valence-electron chi connectivity index (χ3n) is 15.3. The first-order chi connectivity index (χ1) is 41.4. The Hall–Kier alpha value is -8.72. The molecule has 0 fully saturated rings. The van der Waals surface area contributed by atoms with Gasteiger partial charge in [-0.1, -0.05) is 72.7 Å². The number of nitrogens with one attached hydrogen (secondary N) is 4. The molecule has 1 aromatic carbocycles. The molecule has 0 saturated heterocycles. The van der Waals surface area contributed by atoms with Gasteiger partial charge in [-0.25, -0.2) is 9.59 Å². The predicted molar refractivity (Wildman–Crippen MR) is 324 cm³/mol. The Morgan fingerprint density at radius 1 is 0.578 bits per heavy atom. The third-order valence-corrected chi connectivity index (χ3v) is 15.3. The first-order valence-corrected chi connectivity index (χ1v) is 29.5. The number of carboxylic acid groups (broad SMARTS) is 6. The summed E-state index contributed by atoms with van der Waals surface area (Å²) in [4.78, 5) is 186. The van der Waals surface area contributed by atoms with E-state index in [2.05, 4.69) is 21.3 Å². The van der Waals surface area contributed by atoms with Gasteiger partial charge in [0, 0.05) is 106 Å². The lowest BCUT2D eigenvalue weighted by Crippen LogP contribution is -2.63. The molecule has 500 valence electrons. The number of carboxylic acids is 6. The monoisotopic (exact) mass is 1270 g/mol. The summed E-state index contributed by atoms with van der Waals surface area (Å²) < 4.78 is 7.66. The third kappa shape index (κ3) is 24.0. The summed E-state index contributed by atoms with van der Waals surface area (Å²) in [6.45, 7) is 18.7. The fourth-order valence-corrected chi connectivity index (χ4v) is 10.3. The molecule has 90 heavy (non-hydrogen) atoms. The number of aliphatic carboxylic acids is 6.